The van der Waals surface area contributed by atoms with E-state index in [0.717, 1.165) is 56.2 Å². The second-order valence-corrected chi connectivity index (χ2v) is 7.54. The van der Waals surface area contributed by atoms with E-state index in [1.54, 1.807) is 0 Å². The Morgan fingerprint density at radius 3 is 2.29 bits per heavy atom. The summed E-state index contributed by atoms with van der Waals surface area (Å²) in [6, 6.07) is 8.56. The van der Waals surface area contributed by atoms with Crippen LogP contribution in [-0.2, 0) is 22.3 Å². The molecule has 0 amide bonds. The molecule has 0 saturated carbocycles. The molecule has 1 aromatic carbocycles. The zero-order valence-electron chi connectivity index (χ0n) is 17.1. The number of nitrogens with one attached hydrogen (secondary N) is 1. The molecule has 0 radical (unpaired) electrons. The summed E-state index contributed by atoms with van der Waals surface area (Å²) in [5.41, 5.74) is 3.81. The van der Waals surface area contributed by atoms with Gasteiger partial charge in [-0.2, -0.15) is 0 Å². The summed E-state index contributed by atoms with van der Waals surface area (Å²) in [5, 5.41) is 3.58. The summed E-state index contributed by atoms with van der Waals surface area (Å²) >= 11 is 0. The topological polar surface area (TPSA) is 59.5 Å². The lowest BCUT2D eigenvalue weighted by Crippen LogP contribution is -2.45. The lowest BCUT2D eigenvalue weighted by atomic mass is 10.0. The third-order valence-corrected chi connectivity index (χ3v) is 5.74. The van der Waals surface area contributed by atoms with Crippen LogP contribution in [0.15, 0.2) is 24.3 Å². The molecule has 0 unspecified atom stereocenters. The van der Waals surface area contributed by atoms with Crippen LogP contribution in [0.25, 0.3) is 0 Å². The maximum absolute atomic E-state index is 5.85. The molecule has 0 atom stereocenters. The number of hydrogen-bond donors (Lipinski definition) is 1. The van der Waals surface area contributed by atoms with Crippen molar-refractivity contribution in [3.05, 3.63) is 41.2 Å². The molecule has 6 nitrogen and oxygen atoms in total. The van der Waals surface area contributed by atoms with Gasteiger partial charge in [-0.3, -0.25) is 0 Å². The number of anilines is 3. The second kappa shape index (κ2) is 8.05. The van der Waals surface area contributed by atoms with Crippen molar-refractivity contribution in [2.24, 2.45) is 0 Å². The Bertz CT molecular complexity index is 801. The van der Waals surface area contributed by atoms with Crippen molar-refractivity contribution in [1.29, 1.82) is 0 Å². The van der Waals surface area contributed by atoms with Crippen LogP contribution in [0.1, 0.15) is 43.6 Å². The summed E-state index contributed by atoms with van der Waals surface area (Å²) in [6.07, 6.45) is 3.72. The molecule has 150 valence electrons. The Balaban J connectivity index is 1.55. The number of rotatable bonds is 5. The smallest absolute Gasteiger partial charge is 0.171 e. The van der Waals surface area contributed by atoms with Crippen LogP contribution in [-0.4, -0.2) is 42.1 Å². The zero-order valence-corrected chi connectivity index (χ0v) is 17.1. The van der Waals surface area contributed by atoms with Crippen LogP contribution in [0.3, 0.4) is 0 Å². The Labute approximate surface area is 167 Å². The van der Waals surface area contributed by atoms with E-state index in [9.17, 15) is 0 Å². The fraction of sp³-hybridized carbons (Fsp3) is 0.545. The molecule has 4 rings (SSSR count). The van der Waals surface area contributed by atoms with E-state index in [1.165, 1.54) is 16.8 Å². The predicted molar refractivity (Wildman–Crippen MR) is 111 cm³/mol. The van der Waals surface area contributed by atoms with E-state index < -0.39 is 0 Å². The number of aromatic nitrogens is 2. The Morgan fingerprint density at radius 1 is 1.04 bits per heavy atom. The van der Waals surface area contributed by atoms with Gasteiger partial charge in [0.2, 0.25) is 0 Å². The highest BCUT2D eigenvalue weighted by Gasteiger charge is 2.40. The van der Waals surface area contributed by atoms with Gasteiger partial charge >= 0.3 is 0 Å². The highest BCUT2D eigenvalue weighted by Crippen LogP contribution is 2.33. The summed E-state index contributed by atoms with van der Waals surface area (Å²) in [6.45, 7) is 9.49. The molecule has 1 aromatic heterocycles. The summed E-state index contributed by atoms with van der Waals surface area (Å²) in [7, 11) is 0. The molecular weight excluding hydrogens is 352 g/mol. The molecule has 2 saturated heterocycles. The molecular formula is C22H30N4O2. The lowest BCUT2D eigenvalue weighted by Gasteiger charge is -2.38. The first-order valence-corrected chi connectivity index (χ1v) is 10.4. The standard InChI is InChI=1S/C22H30N4O2/c1-4-17-7-6-8-18(5-2)21(17)25-19-15-20(24-16(3)23-19)26-11-9-22(10-12-26)27-13-14-28-22/h6-8,15H,4-5,9-14H2,1-3H3,(H,23,24,25). The van der Waals surface area contributed by atoms with E-state index in [1.807, 2.05) is 6.92 Å². The lowest BCUT2D eigenvalue weighted by molar-refractivity contribution is -0.169. The van der Waals surface area contributed by atoms with Crippen molar-refractivity contribution in [2.75, 3.05) is 36.5 Å². The van der Waals surface area contributed by atoms with Crippen LogP contribution in [0.4, 0.5) is 17.3 Å². The molecule has 3 heterocycles. The van der Waals surface area contributed by atoms with Crippen LogP contribution >= 0.6 is 0 Å². The van der Waals surface area contributed by atoms with Crippen LogP contribution in [0, 0.1) is 6.92 Å². The minimum Gasteiger partial charge on any atom is -0.356 e. The average Bonchev–Trinajstić information content (AvgIpc) is 3.16. The largest absolute Gasteiger partial charge is 0.356 e. The summed E-state index contributed by atoms with van der Waals surface area (Å²) in [4.78, 5) is 11.6. The van der Waals surface area contributed by atoms with Crippen molar-refractivity contribution in [1.82, 2.24) is 9.97 Å². The summed E-state index contributed by atoms with van der Waals surface area (Å²) in [5.74, 6) is 2.23. The predicted octanol–water partition coefficient (Wildman–Crippen LogP) is 4.00. The number of aryl methyl sites for hydroxylation is 3. The van der Waals surface area contributed by atoms with Crippen molar-refractivity contribution >= 4 is 17.3 Å². The molecule has 2 aliphatic heterocycles. The first-order valence-electron chi connectivity index (χ1n) is 10.4. The number of ether oxygens (including phenoxy) is 2. The molecule has 2 aromatic rings. The van der Waals surface area contributed by atoms with Gasteiger partial charge in [0.25, 0.3) is 0 Å². The Hall–Kier alpha value is -2.18. The van der Waals surface area contributed by atoms with Crippen molar-refractivity contribution in [2.45, 2.75) is 52.2 Å². The highest BCUT2D eigenvalue weighted by molar-refractivity contribution is 5.67. The van der Waals surface area contributed by atoms with Crippen molar-refractivity contribution < 1.29 is 9.47 Å². The first kappa shape index (κ1) is 19.2. The van der Waals surface area contributed by atoms with Gasteiger partial charge < -0.3 is 19.7 Å². The van der Waals surface area contributed by atoms with Gasteiger partial charge in [0, 0.05) is 37.7 Å². The fourth-order valence-corrected chi connectivity index (χ4v) is 4.17. The second-order valence-electron chi connectivity index (χ2n) is 7.54. The third kappa shape index (κ3) is 3.84. The maximum Gasteiger partial charge on any atom is 0.171 e. The minimum absolute atomic E-state index is 0.365. The minimum atomic E-state index is -0.365. The maximum atomic E-state index is 5.85. The van der Waals surface area contributed by atoms with Crippen LogP contribution in [0.5, 0.6) is 0 Å². The molecule has 2 aliphatic rings. The van der Waals surface area contributed by atoms with Crippen LogP contribution in [0.2, 0.25) is 0 Å². The van der Waals surface area contributed by atoms with E-state index in [-0.39, 0.29) is 5.79 Å². The Kier molecular flexibility index (Phi) is 5.51. The van der Waals surface area contributed by atoms with Crippen LogP contribution < -0.4 is 10.2 Å². The SMILES string of the molecule is CCc1cccc(CC)c1Nc1cc(N2CCC3(CC2)OCCO3)nc(C)n1. The van der Waals surface area contributed by atoms with Gasteiger partial charge in [-0.25, -0.2) is 9.97 Å². The third-order valence-electron chi connectivity index (χ3n) is 5.74. The number of nitrogens with zero attached hydrogens (tertiary/aromatic N) is 3. The van der Waals surface area contributed by atoms with Gasteiger partial charge in [-0.05, 0) is 30.9 Å². The number of para-hydroxylation sites is 1. The zero-order chi connectivity index (χ0) is 19.6. The molecule has 1 N–H and O–H groups in total. The quantitative estimate of drug-likeness (QED) is 0.844. The molecule has 28 heavy (non-hydrogen) atoms. The number of benzene rings is 1. The van der Waals surface area contributed by atoms with Gasteiger partial charge in [0.1, 0.15) is 17.5 Å². The number of hydrogen-bond acceptors (Lipinski definition) is 6. The van der Waals surface area contributed by atoms with Gasteiger partial charge in [0.05, 0.1) is 13.2 Å². The Morgan fingerprint density at radius 2 is 1.68 bits per heavy atom. The van der Waals surface area contributed by atoms with E-state index in [0.29, 0.717) is 13.2 Å². The number of piperidine rings is 1. The van der Waals surface area contributed by atoms with Gasteiger partial charge in [0.15, 0.2) is 5.79 Å². The van der Waals surface area contributed by atoms with Crippen molar-refractivity contribution in [3.8, 4) is 0 Å². The van der Waals surface area contributed by atoms with Crippen molar-refractivity contribution in [3.63, 3.8) is 0 Å². The monoisotopic (exact) mass is 382 g/mol. The molecule has 6 heteroatoms. The molecule has 0 bridgehead atoms. The molecule has 1 spiro atoms. The highest BCUT2D eigenvalue weighted by atomic mass is 16.7. The molecule has 0 aliphatic carbocycles. The summed E-state index contributed by atoms with van der Waals surface area (Å²) < 4.78 is 11.7. The van der Waals surface area contributed by atoms with Gasteiger partial charge in [-0.15, -0.1) is 0 Å². The first-order chi connectivity index (χ1) is 13.6. The van der Waals surface area contributed by atoms with Gasteiger partial charge in [-0.1, -0.05) is 32.0 Å². The van der Waals surface area contributed by atoms with E-state index >= 15 is 0 Å². The van der Waals surface area contributed by atoms with E-state index in [4.69, 9.17) is 14.5 Å². The van der Waals surface area contributed by atoms with E-state index in [2.05, 4.69) is 53.3 Å². The molecule has 2 fully saturated rings. The fourth-order valence-electron chi connectivity index (χ4n) is 4.17. The normalized spacial score (nSPS) is 18.6. The average molecular weight is 383 g/mol.